The molecule has 1 amide bonds. The zero-order valence-corrected chi connectivity index (χ0v) is 12.2. The fraction of sp³-hybridized carbons (Fsp3) is 0.235. The van der Waals surface area contributed by atoms with E-state index in [1.807, 2.05) is 42.5 Å². The van der Waals surface area contributed by atoms with Crippen LogP contribution in [0.1, 0.15) is 23.5 Å². The summed E-state index contributed by atoms with van der Waals surface area (Å²) in [4.78, 5) is 12.3. The lowest BCUT2D eigenvalue weighted by Crippen LogP contribution is -2.14. The lowest BCUT2D eigenvalue weighted by Gasteiger charge is -2.07. The van der Waals surface area contributed by atoms with Crippen molar-refractivity contribution < 1.29 is 9.90 Å². The molecule has 1 fully saturated rings. The van der Waals surface area contributed by atoms with Crippen LogP contribution in [0.5, 0.6) is 0 Å². The molecular weight excluding hydrogens is 286 g/mol. The second-order valence-electron chi connectivity index (χ2n) is 5.32. The molecule has 21 heavy (non-hydrogen) atoms. The van der Waals surface area contributed by atoms with Crippen molar-refractivity contribution in [3.8, 4) is 0 Å². The first kappa shape index (κ1) is 14.1. The average Bonchev–Trinajstić information content (AvgIpc) is 3.28. The number of benzene rings is 2. The molecule has 0 heterocycles. The number of rotatable bonds is 4. The maximum absolute atomic E-state index is 12.3. The van der Waals surface area contributed by atoms with Gasteiger partial charge in [0.1, 0.15) is 0 Å². The third kappa shape index (κ3) is 3.09. The topological polar surface area (TPSA) is 49.3 Å². The van der Waals surface area contributed by atoms with Gasteiger partial charge >= 0.3 is 0 Å². The predicted molar refractivity (Wildman–Crippen MR) is 83.3 cm³/mol. The van der Waals surface area contributed by atoms with Crippen LogP contribution in [0.15, 0.2) is 48.5 Å². The minimum absolute atomic E-state index is 0.00927. The van der Waals surface area contributed by atoms with Crippen LogP contribution in [0.2, 0.25) is 5.02 Å². The molecule has 3 nitrogen and oxygen atoms in total. The summed E-state index contributed by atoms with van der Waals surface area (Å²) in [6.45, 7) is -0.0324. The van der Waals surface area contributed by atoms with Gasteiger partial charge in [0.15, 0.2) is 0 Å². The van der Waals surface area contributed by atoms with Gasteiger partial charge in [0.05, 0.1) is 6.61 Å². The third-order valence-corrected chi connectivity index (χ3v) is 4.15. The molecule has 0 bridgehead atoms. The maximum Gasteiger partial charge on any atom is 0.228 e. The van der Waals surface area contributed by atoms with Gasteiger partial charge in [-0.1, -0.05) is 41.9 Å². The lowest BCUT2D eigenvalue weighted by molar-refractivity contribution is -0.117. The molecular formula is C17H16ClNO2. The number of aliphatic hydroxyl groups is 1. The fourth-order valence-electron chi connectivity index (χ4n) is 2.59. The van der Waals surface area contributed by atoms with E-state index < -0.39 is 0 Å². The Labute approximate surface area is 128 Å². The van der Waals surface area contributed by atoms with Gasteiger partial charge in [-0.25, -0.2) is 0 Å². The second-order valence-corrected chi connectivity index (χ2v) is 5.73. The molecule has 2 atom stereocenters. The highest BCUT2D eigenvalue weighted by Gasteiger charge is 2.44. The molecule has 2 N–H and O–H groups in total. The molecule has 3 rings (SSSR count). The van der Waals surface area contributed by atoms with Crippen LogP contribution >= 0.6 is 11.6 Å². The normalized spacial score (nSPS) is 20.1. The van der Waals surface area contributed by atoms with Crippen molar-refractivity contribution in [1.29, 1.82) is 0 Å². The van der Waals surface area contributed by atoms with E-state index in [1.54, 1.807) is 6.07 Å². The molecule has 0 saturated heterocycles. The van der Waals surface area contributed by atoms with Gasteiger partial charge < -0.3 is 10.4 Å². The van der Waals surface area contributed by atoms with Crippen molar-refractivity contribution in [3.63, 3.8) is 0 Å². The van der Waals surface area contributed by atoms with Crippen molar-refractivity contribution in [1.82, 2.24) is 0 Å². The lowest BCUT2D eigenvalue weighted by atomic mass is 10.1. The number of hydrogen-bond acceptors (Lipinski definition) is 2. The maximum atomic E-state index is 12.3. The van der Waals surface area contributed by atoms with Crippen LogP contribution in [0, 0.1) is 5.92 Å². The number of aliphatic hydroxyl groups excluding tert-OH is 1. The molecule has 0 aliphatic heterocycles. The van der Waals surface area contributed by atoms with Crippen LogP contribution in [-0.2, 0) is 11.4 Å². The highest BCUT2D eigenvalue weighted by molar-refractivity contribution is 6.31. The van der Waals surface area contributed by atoms with E-state index in [0.717, 1.165) is 28.3 Å². The number of carbonyl (C=O) groups excluding carboxylic acids is 1. The summed E-state index contributed by atoms with van der Waals surface area (Å²) in [6.07, 6.45) is 0.829. The molecule has 1 saturated carbocycles. The van der Waals surface area contributed by atoms with E-state index in [-0.39, 0.29) is 24.3 Å². The molecule has 0 spiro atoms. The number of anilines is 1. The van der Waals surface area contributed by atoms with Crippen molar-refractivity contribution in [2.75, 3.05) is 5.32 Å². The predicted octanol–water partition coefficient (Wildman–Crippen LogP) is 3.57. The van der Waals surface area contributed by atoms with E-state index in [0.29, 0.717) is 0 Å². The van der Waals surface area contributed by atoms with Gasteiger partial charge in [0.2, 0.25) is 5.91 Å². The number of hydrogen-bond donors (Lipinski definition) is 2. The van der Waals surface area contributed by atoms with Crippen molar-refractivity contribution in [2.24, 2.45) is 5.92 Å². The molecule has 2 aromatic carbocycles. The van der Waals surface area contributed by atoms with Crippen LogP contribution < -0.4 is 5.32 Å². The summed E-state index contributed by atoms with van der Waals surface area (Å²) in [5.41, 5.74) is 2.55. The minimum atomic E-state index is -0.0324. The van der Waals surface area contributed by atoms with Gasteiger partial charge in [-0.05, 0) is 41.7 Å². The Morgan fingerprint density at radius 3 is 2.81 bits per heavy atom. The molecule has 0 radical (unpaired) electrons. The summed E-state index contributed by atoms with van der Waals surface area (Å²) in [5, 5.41) is 12.7. The van der Waals surface area contributed by atoms with Gasteiger partial charge in [0.25, 0.3) is 0 Å². The molecule has 2 unspecified atom stereocenters. The van der Waals surface area contributed by atoms with Crippen molar-refractivity contribution in [3.05, 3.63) is 64.7 Å². The zero-order chi connectivity index (χ0) is 14.8. The summed E-state index contributed by atoms with van der Waals surface area (Å²) in [6, 6.07) is 14.9. The Morgan fingerprint density at radius 1 is 1.24 bits per heavy atom. The average molecular weight is 302 g/mol. The molecule has 1 aliphatic rings. The van der Waals surface area contributed by atoms with E-state index in [9.17, 15) is 4.79 Å². The van der Waals surface area contributed by atoms with Crippen LogP contribution in [0.4, 0.5) is 5.69 Å². The Balaban J connectivity index is 1.67. The quantitative estimate of drug-likeness (QED) is 0.907. The van der Waals surface area contributed by atoms with Crippen LogP contribution in [0.3, 0.4) is 0 Å². The standard InChI is InChI=1S/C17H16ClNO2/c18-16-7-2-1-6-13(16)14-9-15(14)17(21)19-12-5-3-4-11(8-12)10-20/h1-8,14-15,20H,9-10H2,(H,19,21). The van der Waals surface area contributed by atoms with Crippen LogP contribution in [-0.4, -0.2) is 11.0 Å². The second kappa shape index (κ2) is 5.88. The Bertz CT molecular complexity index is 671. The highest BCUT2D eigenvalue weighted by Crippen LogP contribution is 2.49. The number of carbonyl (C=O) groups is 1. The Morgan fingerprint density at radius 2 is 2.05 bits per heavy atom. The Hall–Kier alpha value is -1.84. The number of nitrogens with one attached hydrogen (secondary N) is 1. The monoisotopic (exact) mass is 301 g/mol. The first-order valence-electron chi connectivity index (χ1n) is 6.94. The first-order valence-corrected chi connectivity index (χ1v) is 7.32. The highest BCUT2D eigenvalue weighted by atomic mass is 35.5. The number of halogens is 1. The molecule has 1 aliphatic carbocycles. The summed E-state index contributed by atoms with van der Waals surface area (Å²) >= 11 is 6.17. The van der Waals surface area contributed by atoms with Gasteiger partial charge in [-0.15, -0.1) is 0 Å². The fourth-order valence-corrected chi connectivity index (χ4v) is 2.86. The van der Waals surface area contributed by atoms with Gasteiger partial charge in [0, 0.05) is 16.6 Å². The van der Waals surface area contributed by atoms with Gasteiger partial charge in [-0.2, -0.15) is 0 Å². The van der Waals surface area contributed by atoms with E-state index in [1.165, 1.54) is 0 Å². The van der Waals surface area contributed by atoms with Crippen LogP contribution in [0.25, 0.3) is 0 Å². The van der Waals surface area contributed by atoms with E-state index in [4.69, 9.17) is 16.7 Å². The Kier molecular flexibility index (Phi) is 3.95. The molecule has 2 aromatic rings. The van der Waals surface area contributed by atoms with Crippen molar-refractivity contribution >= 4 is 23.2 Å². The molecule has 0 aromatic heterocycles. The van der Waals surface area contributed by atoms with E-state index in [2.05, 4.69) is 5.32 Å². The first-order chi connectivity index (χ1) is 10.2. The smallest absolute Gasteiger partial charge is 0.228 e. The summed E-state index contributed by atoms with van der Waals surface area (Å²) in [7, 11) is 0. The van der Waals surface area contributed by atoms with Crippen molar-refractivity contribution in [2.45, 2.75) is 18.9 Å². The zero-order valence-electron chi connectivity index (χ0n) is 11.4. The SMILES string of the molecule is O=C(Nc1cccc(CO)c1)C1CC1c1ccccc1Cl. The van der Waals surface area contributed by atoms with Gasteiger partial charge in [-0.3, -0.25) is 4.79 Å². The molecule has 4 heteroatoms. The van der Waals surface area contributed by atoms with E-state index >= 15 is 0 Å². The minimum Gasteiger partial charge on any atom is -0.392 e. The summed E-state index contributed by atoms with van der Waals surface area (Å²) in [5.74, 6) is 0.192. The third-order valence-electron chi connectivity index (χ3n) is 3.81. The largest absolute Gasteiger partial charge is 0.392 e. The molecule has 108 valence electrons. The summed E-state index contributed by atoms with van der Waals surface area (Å²) < 4.78 is 0. The number of amides is 1.